The number of nitrogens with two attached hydrogens (primary N) is 1. The number of hydrogen-bond donors (Lipinski definition) is 1. The second-order valence-electron chi connectivity index (χ2n) is 7.18. The summed E-state index contributed by atoms with van der Waals surface area (Å²) in [6, 6.07) is 1.30. The van der Waals surface area contributed by atoms with Crippen molar-refractivity contribution in [3.63, 3.8) is 0 Å². The molecule has 1 saturated heterocycles. The lowest BCUT2D eigenvalue weighted by atomic mass is 9.68. The molecule has 2 nitrogen and oxygen atoms in total. The Morgan fingerprint density at radius 3 is 2.22 bits per heavy atom. The van der Waals surface area contributed by atoms with E-state index in [2.05, 4.69) is 4.90 Å². The minimum Gasteiger partial charge on any atom is -0.328 e. The minimum absolute atomic E-state index is 0.481. The van der Waals surface area contributed by atoms with E-state index in [1.807, 2.05) is 0 Å². The van der Waals surface area contributed by atoms with E-state index in [-0.39, 0.29) is 0 Å². The van der Waals surface area contributed by atoms with Crippen LogP contribution in [0.25, 0.3) is 0 Å². The van der Waals surface area contributed by atoms with Gasteiger partial charge in [0.05, 0.1) is 0 Å². The van der Waals surface area contributed by atoms with Crippen molar-refractivity contribution >= 4 is 0 Å². The monoisotopic (exact) mass is 250 g/mol. The van der Waals surface area contributed by atoms with Gasteiger partial charge in [-0.25, -0.2) is 0 Å². The topological polar surface area (TPSA) is 29.3 Å². The fourth-order valence-corrected chi connectivity index (χ4v) is 4.70. The molecule has 0 radical (unpaired) electrons. The lowest BCUT2D eigenvalue weighted by molar-refractivity contribution is 0.0331. The third kappa shape index (κ3) is 2.75. The Kier molecular flexibility index (Phi) is 3.95. The summed E-state index contributed by atoms with van der Waals surface area (Å²) in [6.07, 6.45) is 15.7. The van der Waals surface area contributed by atoms with Gasteiger partial charge in [0.15, 0.2) is 0 Å². The molecule has 0 bridgehead atoms. The van der Waals surface area contributed by atoms with Crippen LogP contribution in [-0.2, 0) is 0 Å². The first-order chi connectivity index (χ1) is 8.77. The second-order valence-corrected chi connectivity index (χ2v) is 7.18. The lowest BCUT2D eigenvalue weighted by Gasteiger charge is -2.47. The summed E-state index contributed by atoms with van der Waals surface area (Å²) in [5, 5.41) is 0. The molecule has 3 rings (SSSR count). The van der Waals surface area contributed by atoms with Gasteiger partial charge >= 0.3 is 0 Å². The number of nitrogens with zero attached hydrogens (tertiary/aromatic N) is 1. The van der Waals surface area contributed by atoms with Crippen LogP contribution in [0, 0.1) is 5.41 Å². The zero-order valence-corrected chi connectivity index (χ0v) is 11.9. The van der Waals surface area contributed by atoms with Gasteiger partial charge in [0, 0.05) is 12.1 Å². The van der Waals surface area contributed by atoms with Crippen molar-refractivity contribution in [3.8, 4) is 0 Å². The van der Waals surface area contributed by atoms with Gasteiger partial charge in [0.2, 0.25) is 0 Å². The van der Waals surface area contributed by atoms with Crippen molar-refractivity contribution < 1.29 is 0 Å². The third-order valence-corrected chi connectivity index (χ3v) is 5.98. The molecule has 2 atom stereocenters. The van der Waals surface area contributed by atoms with E-state index in [4.69, 9.17) is 5.73 Å². The van der Waals surface area contributed by atoms with Crippen molar-refractivity contribution in [3.05, 3.63) is 0 Å². The van der Waals surface area contributed by atoms with E-state index in [1.165, 1.54) is 83.7 Å². The first-order valence-corrected chi connectivity index (χ1v) is 8.27. The van der Waals surface area contributed by atoms with E-state index >= 15 is 0 Å². The normalized spacial score (nSPS) is 37.8. The van der Waals surface area contributed by atoms with Crippen LogP contribution in [0.4, 0.5) is 0 Å². The van der Waals surface area contributed by atoms with E-state index < -0.39 is 0 Å². The highest BCUT2D eigenvalue weighted by Gasteiger charge is 2.37. The Bertz CT molecular complexity index is 260. The fraction of sp³-hybridized carbons (Fsp3) is 1.00. The maximum atomic E-state index is 6.14. The fourth-order valence-electron chi connectivity index (χ4n) is 4.70. The summed E-state index contributed by atoms with van der Waals surface area (Å²) in [5.74, 6) is 0. The van der Waals surface area contributed by atoms with Gasteiger partial charge in [-0.05, 0) is 63.5 Å². The Labute approximate surface area is 112 Å². The van der Waals surface area contributed by atoms with Gasteiger partial charge in [-0.2, -0.15) is 0 Å². The largest absolute Gasteiger partial charge is 0.328 e. The summed E-state index contributed by atoms with van der Waals surface area (Å²) in [7, 11) is 0. The molecule has 1 spiro atoms. The van der Waals surface area contributed by atoms with Gasteiger partial charge in [-0.15, -0.1) is 0 Å². The maximum Gasteiger partial charge on any atom is 0.0110 e. The highest BCUT2D eigenvalue weighted by Crippen LogP contribution is 2.45. The predicted octanol–water partition coefficient (Wildman–Crippen LogP) is 3.30. The molecule has 1 aliphatic heterocycles. The van der Waals surface area contributed by atoms with Crippen LogP contribution >= 0.6 is 0 Å². The molecule has 2 unspecified atom stereocenters. The molecule has 3 fully saturated rings. The molecule has 104 valence electrons. The predicted molar refractivity (Wildman–Crippen MR) is 76.6 cm³/mol. The van der Waals surface area contributed by atoms with E-state index in [0.717, 1.165) is 11.5 Å². The molecular formula is C16H30N2. The zero-order chi connectivity index (χ0) is 12.4. The Balaban J connectivity index is 1.53. The molecule has 0 amide bonds. The molecule has 2 aliphatic carbocycles. The van der Waals surface area contributed by atoms with Crippen LogP contribution < -0.4 is 5.73 Å². The smallest absolute Gasteiger partial charge is 0.0110 e. The standard InChI is InChI=1S/C16H30N2/c17-14-5-4-6-15(13-14)18-11-9-16(10-12-18)7-2-1-3-8-16/h14-15H,1-13,17H2. The molecule has 0 aromatic carbocycles. The minimum atomic E-state index is 0.481. The highest BCUT2D eigenvalue weighted by molar-refractivity contribution is 4.91. The van der Waals surface area contributed by atoms with Crippen molar-refractivity contribution in [1.29, 1.82) is 0 Å². The molecule has 1 heterocycles. The average Bonchev–Trinajstić information content (AvgIpc) is 2.40. The zero-order valence-electron chi connectivity index (χ0n) is 11.9. The SMILES string of the molecule is NC1CCCC(N2CCC3(CCCCC3)CC2)C1. The van der Waals surface area contributed by atoms with Gasteiger partial charge < -0.3 is 10.6 Å². The van der Waals surface area contributed by atoms with E-state index in [1.54, 1.807) is 0 Å². The summed E-state index contributed by atoms with van der Waals surface area (Å²) < 4.78 is 0. The molecule has 2 saturated carbocycles. The first-order valence-electron chi connectivity index (χ1n) is 8.27. The van der Waals surface area contributed by atoms with E-state index in [9.17, 15) is 0 Å². The molecule has 2 heteroatoms. The molecule has 0 aromatic heterocycles. The number of likely N-dealkylation sites (tertiary alicyclic amines) is 1. The molecule has 2 N–H and O–H groups in total. The van der Waals surface area contributed by atoms with Crippen molar-refractivity contribution in [2.24, 2.45) is 11.1 Å². The van der Waals surface area contributed by atoms with Crippen LogP contribution in [0.15, 0.2) is 0 Å². The Morgan fingerprint density at radius 1 is 0.833 bits per heavy atom. The van der Waals surface area contributed by atoms with Crippen LogP contribution in [0.1, 0.15) is 70.6 Å². The van der Waals surface area contributed by atoms with Crippen LogP contribution in [-0.4, -0.2) is 30.1 Å². The first kappa shape index (κ1) is 12.9. The van der Waals surface area contributed by atoms with Crippen molar-refractivity contribution in [1.82, 2.24) is 4.90 Å². The second kappa shape index (κ2) is 5.50. The summed E-state index contributed by atoms with van der Waals surface area (Å²) in [4.78, 5) is 2.78. The van der Waals surface area contributed by atoms with Crippen LogP contribution in [0.2, 0.25) is 0 Å². The summed E-state index contributed by atoms with van der Waals surface area (Å²) >= 11 is 0. The quantitative estimate of drug-likeness (QED) is 0.773. The van der Waals surface area contributed by atoms with Gasteiger partial charge in [0.1, 0.15) is 0 Å². The molecule has 3 aliphatic rings. The lowest BCUT2D eigenvalue weighted by Crippen LogP contribution is -2.48. The van der Waals surface area contributed by atoms with Crippen molar-refractivity contribution in [2.75, 3.05) is 13.1 Å². The van der Waals surface area contributed by atoms with Crippen LogP contribution in [0.3, 0.4) is 0 Å². The molecule has 0 aromatic rings. The summed E-state index contributed by atoms with van der Waals surface area (Å²) in [6.45, 7) is 2.72. The highest BCUT2D eigenvalue weighted by atomic mass is 15.2. The summed E-state index contributed by atoms with van der Waals surface area (Å²) in [5.41, 5.74) is 6.90. The van der Waals surface area contributed by atoms with Gasteiger partial charge in [-0.3, -0.25) is 0 Å². The number of rotatable bonds is 1. The molecule has 18 heavy (non-hydrogen) atoms. The number of piperidine rings is 1. The number of hydrogen-bond acceptors (Lipinski definition) is 2. The van der Waals surface area contributed by atoms with E-state index in [0.29, 0.717) is 6.04 Å². The maximum absolute atomic E-state index is 6.14. The van der Waals surface area contributed by atoms with Crippen LogP contribution in [0.5, 0.6) is 0 Å². The Hall–Kier alpha value is -0.0800. The molecular weight excluding hydrogens is 220 g/mol. The van der Waals surface area contributed by atoms with Gasteiger partial charge in [0.25, 0.3) is 0 Å². The van der Waals surface area contributed by atoms with Crippen molar-refractivity contribution in [2.45, 2.75) is 82.7 Å². The van der Waals surface area contributed by atoms with Gasteiger partial charge in [-0.1, -0.05) is 25.7 Å². The third-order valence-electron chi connectivity index (χ3n) is 5.98. The average molecular weight is 250 g/mol. The Morgan fingerprint density at radius 2 is 1.56 bits per heavy atom.